The van der Waals surface area contributed by atoms with E-state index in [1.54, 1.807) is 0 Å². The summed E-state index contributed by atoms with van der Waals surface area (Å²) in [6.07, 6.45) is 63.5. The summed E-state index contributed by atoms with van der Waals surface area (Å²) in [5, 5.41) is 0. The van der Waals surface area contributed by atoms with Crippen LogP contribution in [0.3, 0.4) is 0 Å². The third-order valence-corrected chi connectivity index (χ3v) is 11.0. The molecule has 0 N–H and O–H groups in total. The largest absolute Gasteiger partial charge is 0.462 e. The van der Waals surface area contributed by atoms with Gasteiger partial charge in [0.1, 0.15) is 13.2 Å². The van der Waals surface area contributed by atoms with Gasteiger partial charge in [0.15, 0.2) is 6.10 Å². The minimum atomic E-state index is -0.810. The Balaban J connectivity index is 4.27. The highest BCUT2D eigenvalue weighted by Gasteiger charge is 2.19. The SMILES string of the molecule is CC/C=C\C/C=C\C/C=C\C/C=C\CCC(=O)OC(COC(=O)CCCCCCCCCC)COC(=O)CCCCCCCCCCCCC/C=C\C/C=C\CCCCCCC. The molecule has 0 aliphatic heterocycles. The number of unbranched alkanes of at least 4 members (excludes halogenated alkanes) is 23. The van der Waals surface area contributed by atoms with Crippen molar-refractivity contribution in [2.45, 2.75) is 252 Å². The number of allylic oxidation sites excluding steroid dienone is 12. The van der Waals surface area contributed by atoms with E-state index < -0.39 is 12.1 Å². The van der Waals surface area contributed by atoms with E-state index in [4.69, 9.17) is 14.2 Å². The highest BCUT2D eigenvalue weighted by atomic mass is 16.6. The lowest BCUT2D eigenvalue weighted by atomic mass is 10.0. The van der Waals surface area contributed by atoms with Crippen molar-refractivity contribution in [3.8, 4) is 0 Å². The molecule has 0 aromatic rings. The molecule has 0 aliphatic carbocycles. The van der Waals surface area contributed by atoms with Crippen LogP contribution in [0.15, 0.2) is 72.9 Å². The number of esters is 3. The van der Waals surface area contributed by atoms with E-state index in [1.807, 2.05) is 12.2 Å². The van der Waals surface area contributed by atoms with E-state index in [1.165, 1.54) is 128 Å². The van der Waals surface area contributed by atoms with Gasteiger partial charge in [-0.05, 0) is 77.0 Å². The molecule has 1 atom stereocenters. The van der Waals surface area contributed by atoms with Crippen molar-refractivity contribution in [1.29, 1.82) is 0 Å². The van der Waals surface area contributed by atoms with Gasteiger partial charge in [-0.25, -0.2) is 0 Å². The zero-order valence-electron chi connectivity index (χ0n) is 40.6. The Morgan fingerprint density at radius 1 is 0.339 bits per heavy atom. The summed E-state index contributed by atoms with van der Waals surface area (Å²) in [7, 11) is 0. The zero-order valence-corrected chi connectivity index (χ0v) is 40.6. The van der Waals surface area contributed by atoms with Gasteiger partial charge in [0.25, 0.3) is 0 Å². The molecule has 0 spiro atoms. The standard InChI is InChI=1S/C56H96O6/c1-4-7-10-13-16-19-21-23-24-25-26-27-28-29-30-31-32-34-35-37-40-43-46-49-55(58)61-52-53(51-60-54(57)48-45-42-39-18-15-12-9-6-3)62-56(59)50-47-44-41-38-36-33-22-20-17-14-11-8-5-2/h8,11,17,20-21,23,25-26,33,36,41,44,53H,4-7,9-10,12-16,18-19,22,24,27-32,34-35,37-40,42-43,45-52H2,1-3H3/b11-8-,20-17-,23-21-,26-25-,36-33-,44-41-. The Kier molecular flexibility index (Phi) is 47.9. The Labute approximate surface area is 382 Å². The first-order chi connectivity index (χ1) is 30.5. The van der Waals surface area contributed by atoms with Crippen molar-refractivity contribution in [3.63, 3.8) is 0 Å². The van der Waals surface area contributed by atoms with Gasteiger partial charge in [0, 0.05) is 19.3 Å². The van der Waals surface area contributed by atoms with E-state index in [-0.39, 0.29) is 31.6 Å². The fraction of sp³-hybridized carbons (Fsp3) is 0.732. The van der Waals surface area contributed by atoms with Gasteiger partial charge < -0.3 is 14.2 Å². The maximum absolute atomic E-state index is 12.7. The van der Waals surface area contributed by atoms with Gasteiger partial charge in [-0.2, -0.15) is 0 Å². The van der Waals surface area contributed by atoms with Gasteiger partial charge in [0.05, 0.1) is 0 Å². The minimum Gasteiger partial charge on any atom is -0.462 e. The topological polar surface area (TPSA) is 78.9 Å². The number of carbonyl (C=O) groups is 3. The van der Waals surface area contributed by atoms with E-state index >= 15 is 0 Å². The highest BCUT2D eigenvalue weighted by molar-refractivity contribution is 5.71. The van der Waals surface area contributed by atoms with Crippen molar-refractivity contribution in [3.05, 3.63) is 72.9 Å². The molecule has 0 amide bonds. The normalized spacial score (nSPS) is 12.6. The van der Waals surface area contributed by atoms with Gasteiger partial charge in [-0.3, -0.25) is 14.4 Å². The van der Waals surface area contributed by atoms with E-state index in [0.29, 0.717) is 19.3 Å². The van der Waals surface area contributed by atoms with Gasteiger partial charge >= 0.3 is 17.9 Å². The molecule has 356 valence electrons. The Morgan fingerprint density at radius 3 is 1.05 bits per heavy atom. The number of carbonyl (C=O) groups excluding carboxylic acids is 3. The molecule has 0 aromatic heterocycles. The Bertz CT molecular complexity index is 1180. The lowest BCUT2D eigenvalue weighted by Gasteiger charge is -2.18. The van der Waals surface area contributed by atoms with Crippen LogP contribution in [-0.4, -0.2) is 37.2 Å². The molecule has 0 rings (SSSR count). The molecule has 0 saturated carbocycles. The molecule has 0 saturated heterocycles. The molecule has 0 aliphatic rings. The van der Waals surface area contributed by atoms with E-state index in [0.717, 1.165) is 70.6 Å². The molecule has 0 bridgehead atoms. The van der Waals surface area contributed by atoms with Crippen molar-refractivity contribution >= 4 is 17.9 Å². The van der Waals surface area contributed by atoms with Crippen molar-refractivity contribution < 1.29 is 28.6 Å². The number of hydrogen-bond acceptors (Lipinski definition) is 6. The van der Waals surface area contributed by atoms with Crippen LogP contribution in [-0.2, 0) is 28.6 Å². The molecule has 6 heteroatoms. The molecule has 6 nitrogen and oxygen atoms in total. The first-order valence-electron chi connectivity index (χ1n) is 25.9. The van der Waals surface area contributed by atoms with E-state index in [2.05, 4.69) is 81.5 Å². The molecular weight excluding hydrogens is 769 g/mol. The monoisotopic (exact) mass is 865 g/mol. The summed E-state index contributed by atoms with van der Waals surface area (Å²) in [4.78, 5) is 37.8. The molecule has 62 heavy (non-hydrogen) atoms. The lowest BCUT2D eigenvalue weighted by Crippen LogP contribution is -2.30. The fourth-order valence-corrected chi connectivity index (χ4v) is 7.07. The molecular formula is C56H96O6. The van der Waals surface area contributed by atoms with Crippen LogP contribution >= 0.6 is 0 Å². The molecule has 0 radical (unpaired) electrons. The van der Waals surface area contributed by atoms with Crippen LogP contribution in [0, 0.1) is 0 Å². The van der Waals surface area contributed by atoms with Gasteiger partial charge in [-0.1, -0.05) is 222 Å². The minimum absolute atomic E-state index is 0.104. The van der Waals surface area contributed by atoms with Gasteiger partial charge in [-0.15, -0.1) is 0 Å². The first-order valence-corrected chi connectivity index (χ1v) is 25.9. The fourth-order valence-electron chi connectivity index (χ4n) is 7.07. The lowest BCUT2D eigenvalue weighted by molar-refractivity contribution is -0.166. The third-order valence-electron chi connectivity index (χ3n) is 11.0. The highest BCUT2D eigenvalue weighted by Crippen LogP contribution is 2.14. The molecule has 1 unspecified atom stereocenters. The number of rotatable bonds is 46. The van der Waals surface area contributed by atoms with Crippen molar-refractivity contribution in [1.82, 2.24) is 0 Å². The maximum atomic E-state index is 12.7. The van der Waals surface area contributed by atoms with Crippen LogP contribution < -0.4 is 0 Å². The molecule has 0 heterocycles. The number of hydrogen-bond donors (Lipinski definition) is 0. The maximum Gasteiger partial charge on any atom is 0.306 e. The average Bonchev–Trinajstić information content (AvgIpc) is 3.27. The Hall–Kier alpha value is -3.15. The van der Waals surface area contributed by atoms with Crippen molar-refractivity contribution in [2.75, 3.05) is 13.2 Å². The predicted octanol–water partition coefficient (Wildman–Crippen LogP) is 17.0. The zero-order chi connectivity index (χ0) is 45.1. The number of ether oxygens (including phenoxy) is 3. The summed E-state index contributed by atoms with van der Waals surface area (Å²) >= 11 is 0. The second-order valence-corrected chi connectivity index (χ2v) is 17.1. The molecule has 0 fully saturated rings. The van der Waals surface area contributed by atoms with Crippen LogP contribution in [0.5, 0.6) is 0 Å². The summed E-state index contributed by atoms with van der Waals surface area (Å²) < 4.78 is 16.7. The van der Waals surface area contributed by atoms with Crippen LogP contribution in [0.25, 0.3) is 0 Å². The second-order valence-electron chi connectivity index (χ2n) is 17.1. The average molecular weight is 865 g/mol. The molecule has 0 aromatic carbocycles. The first kappa shape index (κ1) is 58.9. The van der Waals surface area contributed by atoms with Gasteiger partial charge in [0.2, 0.25) is 0 Å². The van der Waals surface area contributed by atoms with Crippen LogP contribution in [0.1, 0.15) is 245 Å². The van der Waals surface area contributed by atoms with Crippen molar-refractivity contribution in [2.24, 2.45) is 0 Å². The third kappa shape index (κ3) is 47.9. The summed E-state index contributed by atoms with van der Waals surface area (Å²) in [6.45, 7) is 6.42. The smallest absolute Gasteiger partial charge is 0.306 e. The summed E-state index contributed by atoms with van der Waals surface area (Å²) in [5.74, 6) is -0.992. The van der Waals surface area contributed by atoms with Crippen LogP contribution in [0.2, 0.25) is 0 Å². The quantitative estimate of drug-likeness (QED) is 0.0262. The summed E-state index contributed by atoms with van der Waals surface area (Å²) in [5.41, 5.74) is 0. The Morgan fingerprint density at radius 2 is 0.661 bits per heavy atom. The van der Waals surface area contributed by atoms with Crippen LogP contribution in [0.4, 0.5) is 0 Å². The summed E-state index contributed by atoms with van der Waals surface area (Å²) in [6, 6.07) is 0. The predicted molar refractivity (Wildman–Crippen MR) is 265 cm³/mol. The second kappa shape index (κ2) is 50.5. The van der Waals surface area contributed by atoms with E-state index in [9.17, 15) is 14.4 Å².